The molecule has 6 nitrogen and oxygen atoms in total. The van der Waals surface area contributed by atoms with E-state index in [0.717, 1.165) is 52.9 Å². The molecular formula is C32H35N5O. The first-order valence-electron chi connectivity index (χ1n) is 13.8. The van der Waals surface area contributed by atoms with E-state index in [0.29, 0.717) is 12.0 Å². The summed E-state index contributed by atoms with van der Waals surface area (Å²) in [5.41, 5.74) is 10.9. The number of hydrogen-bond acceptors (Lipinski definition) is 4. The molecule has 0 saturated carbocycles. The lowest BCUT2D eigenvalue weighted by Gasteiger charge is -2.42. The predicted molar refractivity (Wildman–Crippen MR) is 152 cm³/mol. The maximum Gasteiger partial charge on any atom is 0.253 e. The number of benzene rings is 2. The lowest BCUT2D eigenvalue weighted by molar-refractivity contribution is 0.0399. The lowest BCUT2D eigenvalue weighted by Crippen LogP contribution is -2.59. The summed E-state index contributed by atoms with van der Waals surface area (Å²) in [7, 11) is 6.38. The fraction of sp³-hybridized carbons (Fsp3) is 0.375. The van der Waals surface area contributed by atoms with Crippen LogP contribution in [0.1, 0.15) is 45.8 Å². The summed E-state index contributed by atoms with van der Waals surface area (Å²) in [4.78, 5) is 27.6. The molecule has 4 aromatic rings. The molecule has 0 spiro atoms. The molecule has 1 amide bonds. The molecule has 6 heteroatoms. The third kappa shape index (κ3) is 3.94. The third-order valence-corrected chi connectivity index (χ3v) is 8.92. The zero-order chi connectivity index (χ0) is 26.0. The highest BCUT2D eigenvalue weighted by Crippen LogP contribution is 2.41. The van der Waals surface area contributed by atoms with Crippen LogP contribution in [0.15, 0.2) is 54.9 Å². The van der Waals surface area contributed by atoms with Gasteiger partial charge in [-0.05, 0) is 98.4 Å². The Labute approximate surface area is 224 Å². The smallest absolute Gasteiger partial charge is 0.253 e. The van der Waals surface area contributed by atoms with Crippen molar-refractivity contribution >= 4 is 16.9 Å². The van der Waals surface area contributed by atoms with Crippen molar-refractivity contribution in [1.82, 2.24) is 24.7 Å². The van der Waals surface area contributed by atoms with Gasteiger partial charge in [-0.2, -0.15) is 0 Å². The van der Waals surface area contributed by atoms with Gasteiger partial charge in [0.15, 0.2) is 0 Å². The number of amides is 1. The number of nitrogens with one attached hydrogen (secondary N) is 1. The van der Waals surface area contributed by atoms with E-state index in [1.54, 1.807) is 5.56 Å². The van der Waals surface area contributed by atoms with Crippen LogP contribution in [0.25, 0.3) is 33.3 Å². The standard InChI is InChI=1S/C32H35N5O/c1-35(2)27-18-37(19-27)32(38)21-9-7-20(8-10-21)29-15-34-31-28(29)13-25(14-33-31)24-11-22-5-4-6-23-16-36(3)17-26(12-24)30(22)23/h7-15,23,27H,4-6,16-19H2,1-3H3,(H,33,34). The first-order chi connectivity index (χ1) is 18.4. The molecule has 1 fully saturated rings. The Morgan fingerprint density at radius 2 is 1.79 bits per heavy atom. The molecular weight excluding hydrogens is 470 g/mol. The van der Waals surface area contributed by atoms with Gasteiger partial charge in [0.2, 0.25) is 0 Å². The van der Waals surface area contributed by atoms with Gasteiger partial charge in [0.25, 0.3) is 5.91 Å². The summed E-state index contributed by atoms with van der Waals surface area (Å²) >= 11 is 0. The van der Waals surface area contributed by atoms with Gasteiger partial charge in [0, 0.05) is 66.7 Å². The van der Waals surface area contributed by atoms with Crippen molar-refractivity contribution in [3.05, 3.63) is 77.1 Å². The Morgan fingerprint density at radius 3 is 2.58 bits per heavy atom. The summed E-state index contributed by atoms with van der Waals surface area (Å²) in [5.74, 6) is 0.797. The van der Waals surface area contributed by atoms with Gasteiger partial charge in [-0.25, -0.2) is 4.98 Å². The molecule has 0 radical (unpaired) electrons. The fourth-order valence-electron chi connectivity index (χ4n) is 6.73. The number of aryl methyl sites for hydroxylation is 1. The van der Waals surface area contributed by atoms with Gasteiger partial charge in [0.1, 0.15) is 5.65 Å². The van der Waals surface area contributed by atoms with E-state index in [9.17, 15) is 4.79 Å². The molecule has 2 aromatic heterocycles. The van der Waals surface area contributed by atoms with E-state index in [1.165, 1.54) is 42.5 Å². The number of rotatable bonds is 4. The summed E-state index contributed by atoms with van der Waals surface area (Å²) < 4.78 is 0. The SMILES string of the molecule is CN1Cc2cc(-c3cnc4[nH]cc(-c5ccc(C(=O)N6CC(N(C)C)C6)cc5)c4c3)cc3c2C(CCC3)C1. The lowest BCUT2D eigenvalue weighted by atomic mass is 9.76. The number of carbonyl (C=O) groups is 1. The van der Waals surface area contributed by atoms with Crippen LogP contribution in [0.5, 0.6) is 0 Å². The van der Waals surface area contributed by atoms with Crippen LogP contribution in [-0.4, -0.2) is 77.4 Å². The Bertz CT molecular complexity index is 1530. The number of aromatic nitrogens is 2. The molecule has 3 aliphatic rings. The number of carbonyl (C=O) groups excluding carboxylic acids is 1. The first kappa shape index (κ1) is 23.6. The van der Waals surface area contributed by atoms with Gasteiger partial charge in [-0.15, -0.1) is 0 Å². The molecule has 0 bridgehead atoms. The molecule has 4 heterocycles. The number of hydrogen-bond donors (Lipinski definition) is 1. The Balaban J connectivity index is 1.19. The second-order valence-corrected chi connectivity index (χ2v) is 11.7. The number of nitrogens with zero attached hydrogens (tertiary/aromatic N) is 4. The van der Waals surface area contributed by atoms with E-state index in [-0.39, 0.29) is 5.91 Å². The molecule has 194 valence electrons. The molecule has 2 aromatic carbocycles. The van der Waals surface area contributed by atoms with Crippen LogP contribution in [-0.2, 0) is 13.0 Å². The van der Waals surface area contributed by atoms with Crippen LogP contribution in [0.2, 0.25) is 0 Å². The number of pyridine rings is 1. The summed E-state index contributed by atoms with van der Waals surface area (Å²) in [6.45, 7) is 3.80. The molecule has 1 unspecified atom stereocenters. The molecule has 2 aliphatic heterocycles. The van der Waals surface area contributed by atoms with Crippen molar-refractivity contribution in [2.45, 2.75) is 37.8 Å². The van der Waals surface area contributed by atoms with Gasteiger partial charge >= 0.3 is 0 Å². The minimum absolute atomic E-state index is 0.113. The Hall–Kier alpha value is -3.48. The molecule has 1 N–H and O–H groups in total. The highest BCUT2D eigenvalue weighted by molar-refractivity contribution is 5.98. The van der Waals surface area contributed by atoms with E-state index < -0.39 is 0 Å². The summed E-state index contributed by atoms with van der Waals surface area (Å²) in [6.07, 6.45) is 7.80. The van der Waals surface area contributed by atoms with Gasteiger partial charge in [-0.3, -0.25) is 4.79 Å². The van der Waals surface area contributed by atoms with Crippen molar-refractivity contribution in [2.24, 2.45) is 0 Å². The molecule has 7 rings (SSSR count). The zero-order valence-electron chi connectivity index (χ0n) is 22.5. The highest BCUT2D eigenvalue weighted by Gasteiger charge is 2.32. The maximum absolute atomic E-state index is 12.9. The van der Waals surface area contributed by atoms with Crippen LogP contribution in [0.3, 0.4) is 0 Å². The normalized spacial score (nSPS) is 19.6. The van der Waals surface area contributed by atoms with Crippen LogP contribution >= 0.6 is 0 Å². The third-order valence-electron chi connectivity index (χ3n) is 8.92. The van der Waals surface area contributed by atoms with E-state index in [2.05, 4.69) is 66.3 Å². The Kier molecular flexibility index (Phi) is 5.64. The second-order valence-electron chi connectivity index (χ2n) is 11.7. The summed E-state index contributed by atoms with van der Waals surface area (Å²) in [6, 6.07) is 15.6. The van der Waals surface area contributed by atoms with Gasteiger partial charge in [0.05, 0.1) is 0 Å². The van der Waals surface area contributed by atoms with Crippen molar-refractivity contribution in [3.63, 3.8) is 0 Å². The number of aromatic amines is 1. The maximum atomic E-state index is 12.9. The molecule has 1 saturated heterocycles. The molecule has 1 aliphatic carbocycles. The average molecular weight is 506 g/mol. The quantitative estimate of drug-likeness (QED) is 0.417. The van der Waals surface area contributed by atoms with Crippen LogP contribution in [0.4, 0.5) is 0 Å². The fourth-order valence-corrected chi connectivity index (χ4v) is 6.73. The number of H-pyrrole nitrogens is 1. The van der Waals surface area contributed by atoms with E-state index in [1.807, 2.05) is 29.4 Å². The van der Waals surface area contributed by atoms with Crippen molar-refractivity contribution in [3.8, 4) is 22.3 Å². The molecule has 38 heavy (non-hydrogen) atoms. The second kappa shape index (κ2) is 9.07. The largest absolute Gasteiger partial charge is 0.346 e. The number of likely N-dealkylation sites (tertiary alicyclic amines) is 1. The monoisotopic (exact) mass is 505 g/mol. The average Bonchev–Trinajstić information content (AvgIpc) is 3.31. The zero-order valence-corrected chi connectivity index (χ0v) is 22.5. The van der Waals surface area contributed by atoms with Crippen molar-refractivity contribution < 1.29 is 4.79 Å². The predicted octanol–water partition coefficient (Wildman–Crippen LogP) is 5.15. The van der Waals surface area contributed by atoms with Gasteiger partial charge in [-0.1, -0.05) is 18.2 Å². The van der Waals surface area contributed by atoms with Crippen LogP contribution in [0, 0.1) is 0 Å². The minimum Gasteiger partial charge on any atom is -0.346 e. The van der Waals surface area contributed by atoms with Crippen LogP contribution < -0.4 is 0 Å². The minimum atomic E-state index is 0.113. The molecule has 1 atom stereocenters. The van der Waals surface area contributed by atoms with Crippen molar-refractivity contribution in [1.29, 1.82) is 0 Å². The first-order valence-corrected chi connectivity index (χ1v) is 13.8. The Morgan fingerprint density at radius 1 is 1.00 bits per heavy atom. The summed E-state index contributed by atoms with van der Waals surface area (Å²) in [5, 5.41) is 1.11. The van der Waals surface area contributed by atoms with E-state index >= 15 is 0 Å². The van der Waals surface area contributed by atoms with Gasteiger partial charge < -0.3 is 19.7 Å². The number of fused-ring (bicyclic) bond motifs is 1. The number of likely N-dealkylation sites (N-methyl/N-ethyl adjacent to an activating group) is 2. The topological polar surface area (TPSA) is 55.5 Å². The highest BCUT2D eigenvalue weighted by atomic mass is 16.2. The van der Waals surface area contributed by atoms with Crippen molar-refractivity contribution in [2.75, 3.05) is 40.8 Å². The van der Waals surface area contributed by atoms with E-state index in [4.69, 9.17) is 4.98 Å².